The maximum Gasteiger partial charge on any atom is 0.125 e. The third-order valence-electron chi connectivity index (χ3n) is 2.75. The van der Waals surface area contributed by atoms with Crippen molar-refractivity contribution in [3.63, 3.8) is 0 Å². The minimum absolute atomic E-state index is 0.283. The molecule has 0 spiro atoms. The molecule has 0 saturated heterocycles. The summed E-state index contributed by atoms with van der Waals surface area (Å²) in [4.78, 5) is 0. The first-order valence-corrected chi connectivity index (χ1v) is 5.95. The van der Waals surface area contributed by atoms with Crippen LogP contribution in [0.25, 0.3) is 0 Å². The molecule has 1 nitrogen and oxygen atoms in total. The van der Waals surface area contributed by atoms with Crippen LogP contribution in [-0.2, 0) is 0 Å². The molecule has 0 N–H and O–H groups in total. The summed E-state index contributed by atoms with van der Waals surface area (Å²) in [6, 6.07) is 3.86. The SMILES string of the molecule is Cc1cc(Cl)cc(C)c1OC1CC(Cl)C1. The highest BCUT2D eigenvalue weighted by molar-refractivity contribution is 6.30. The van der Waals surface area contributed by atoms with Crippen LogP contribution < -0.4 is 4.74 Å². The zero-order valence-electron chi connectivity index (χ0n) is 8.89. The van der Waals surface area contributed by atoms with Crippen LogP contribution in [0.4, 0.5) is 0 Å². The van der Waals surface area contributed by atoms with Crippen LogP contribution >= 0.6 is 23.2 Å². The second kappa shape index (κ2) is 4.23. The number of aryl methyl sites for hydroxylation is 2. The van der Waals surface area contributed by atoms with Crippen LogP contribution in [0, 0.1) is 13.8 Å². The van der Waals surface area contributed by atoms with E-state index in [9.17, 15) is 0 Å². The van der Waals surface area contributed by atoms with E-state index >= 15 is 0 Å². The first kappa shape index (κ1) is 11.1. The van der Waals surface area contributed by atoms with Gasteiger partial charge in [-0.25, -0.2) is 0 Å². The normalized spacial score (nSPS) is 24.8. The van der Waals surface area contributed by atoms with Gasteiger partial charge in [-0.15, -0.1) is 11.6 Å². The molecule has 0 aliphatic heterocycles. The van der Waals surface area contributed by atoms with E-state index in [1.54, 1.807) is 0 Å². The van der Waals surface area contributed by atoms with E-state index < -0.39 is 0 Å². The number of benzene rings is 1. The molecule has 0 amide bonds. The van der Waals surface area contributed by atoms with Gasteiger partial charge in [0.15, 0.2) is 0 Å². The molecular weight excluding hydrogens is 231 g/mol. The Labute approximate surface area is 100 Å². The minimum Gasteiger partial charge on any atom is -0.490 e. The van der Waals surface area contributed by atoms with Crippen LogP contribution in [0.2, 0.25) is 5.02 Å². The molecule has 0 bridgehead atoms. The molecule has 82 valence electrons. The Morgan fingerprint density at radius 1 is 1.20 bits per heavy atom. The molecule has 0 radical (unpaired) electrons. The van der Waals surface area contributed by atoms with E-state index in [-0.39, 0.29) is 6.10 Å². The Morgan fingerprint density at radius 2 is 1.73 bits per heavy atom. The van der Waals surface area contributed by atoms with E-state index in [0.29, 0.717) is 5.38 Å². The molecule has 0 heterocycles. The van der Waals surface area contributed by atoms with Gasteiger partial charge in [-0.2, -0.15) is 0 Å². The molecule has 1 fully saturated rings. The van der Waals surface area contributed by atoms with Gasteiger partial charge < -0.3 is 4.74 Å². The summed E-state index contributed by atoms with van der Waals surface area (Å²) in [7, 11) is 0. The van der Waals surface area contributed by atoms with Crippen LogP contribution in [0.1, 0.15) is 24.0 Å². The summed E-state index contributed by atoms with van der Waals surface area (Å²) in [5.41, 5.74) is 2.19. The zero-order chi connectivity index (χ0) is 11.0. The van der Waals surface area contributed by atoms with Gasteiger partial charge in [-0.3, -0.25) is 0 Å². The Hall–Kier alpha value is -0.400. The van der Waals surface area contributed by atoms with Crippen molar-refractivity contribution in [2.45, 2.75) is 38.2 Å². The van der Waals surface area contributed by atoms with Crippen molar-refractivity contribution in [1.82, 2.24) is 0 Å². The number of hydrogen-bond donors (Lipinski definition) is 0. The third kappa shape index (κ3) is 2.40. The average molecular weight is 245 g/mol. The minimum atomic E-state index is 0.283. The molecule has 0 aromatic heterocycles. The van der Waals surface area contributed by atoms with Gasteiger partial charge in [-0.05, 0) is 37.1 Å². The molecule has 1 saturated carbocycles. The lowest BCUT2D eigenvalue weighted by atomic mass is 9.95. The second-order valence-electron chi connectivity index (χ2n) is 4.18. The lowest BCUT2D eigenvalue weighted by Gasteiger charge is -2.32. The van der Waals surface area contributed by atoms with Gasteiger partial charge in [-0.1, -0.05) is 11.6 Å². The fourth-order valence-corrected chi connectivity index (χ4v) is 2.57. The van der Waals surface area contributed by atoms with Crippen LogP contribution in [0.15, 0.2) is 12.1 Å². The molecule has 2 rings (SSSR count). The van der Waals surface area contributed by atoms with E-state index in [2.05, 4.69) is 0 Å². The number of ether oxygens (including phenoxy) is 1. The van der Waals surface area contributed by atoms with E-state index in [1.165, 1.54) is 0 Å². The van der Waals surface area contributed by atoms with Gasteiger partial charge >= 0.3 is 0 Å². The van der Waals surface area contributed by atoms with Gasteiger partial charge in [0.25, 0.3) is 0 Å². The largest absolute Gasteiger partial charge is 0.490 e. The predicted molar refractivity (Wildman–Crippen MR) is 64.2 cm³/mol. The van der Waals surface area contributed by atoms with E-state index in [1.807, 2.05) is 26.0 Å². The van der Waals surface area contributed by atoms with Crippen LogP contribution in [0.5, 0.6) is 5.75 Å². The van der Waals surface area contributed by atoms with Crippen molar-refractivity contribution < 1.29 is 4.74 Å². The van der Waals surface area contributed by atoms with Crippen molar-refractivity contribution in [1.29, 1.82) is 0 Å². The van der Waals surface area contributed by atoms with E-state index in [4.69, 9.17) is 27.9 Å². The topological polar surface area (TPSA) is 9.23 Å². The number of alkyl halides is 1. The number of hydrogen-bond acceptors (Lipinski definition) is 1. The fraction of sp³-hybridized carbons (Fsp3) is 0.500. The lowest BCUT2D eigenvalue weighted by molar-refractivity contribution is 0.122. The monoisotopic (exact) mass is 244 g/mol. The summed E-state index contributed by atoms with van der Waals surface area (Å²) in [5, 5.41) is 1.06. The van der Waals surface area contributed by atoms with Crippen molar-refractivity contribution in [3.05, 3.63) is 28.3 Å². The average Bonchev–Trinajstić information content (AvgIpc) is 2.07. The molecule has 1 aromatic rings. The summed E-state index contributed by atoms with van der Waals surface area (Å²) in [6.07, 6.45) is 2.18. The van der Waals surface area contributed by atoms with Gasteiger partial charge in [0.1, 0.15) is 11.9 Å². The molecule has 3 heteroatoms. The van der Waals surface area contributed by atoms with Crippen molar-refractivity contribution in [3.8, 4) is 5.75 Å². The predicted octanol–water partition coefficient (Wildman–Crippen LogP) is 4.11. The Balaban J connectivity index is 2.14. The van der Waals surface area contributed by atoms with Crippen LogP contribution in [-0.4, -0.2) is 11.5 Å². The standard InChI is InChI=1S/C12H14Cl2O/c1-7-3-9(13)4-8(2)12(7)15-11-5-10(14)6-11/h3-4,10-11H,5-6H2,1-2H3. The molecule has 1 aliphatic rings. The van der Waals surface area contributed by atoms with Crippen molar-refractivity contribution in [2.24, 2.45) is 0 Å². The smallest absolute Gasteiger partial charge is 0.125 e. The maximum absolute atomic E-state index is 5.95. The first-order chi connectivity index (χ1) is 7.06. The van der Waals surface area contributed by atoms with Gasteiger partial charge in [0, 0.05) is 23.2 Å². The molecular formula is C12H14Cl2O. The molecule has 1 aliphatic carbocycles. The highest BCUT2D eigenvalue weighted by atomic mass is 35.5. The van der Waals surface area contributed by atoms with Gasteiger partial charge in [0.05, 0.1) is 0 Å². The summed E-state index contributed by atoms with van der Waals surface area (Å²) in [6.45, 7) is 4.04. The fourth-order valence-electron chi connectivity index (χ4n) is 1.85. The number of rotatable bonds is 2. The Morgan fingerprint density at radius 3 is 2.20 bits per heavy atom. The summed E-state index contributed by atoms with van der Waals surface area (Å²) < 4.78 is 5.89. The molecule has 0 unspecified atom stereocenters. The Kier molecular flexibility index (Phi) is 3.13. The third-order valence-corrected chi connectivity index (χ3v) is 3.32. The van der Waals surface area contributed by atoms with Crippen molar-refractivity contribution in [2.75, 3.05) is 0 Å². The zero-order valence-corrected chi connectivity index (χ0v) is 10.4. The maximum atomic E-state index is 5.95. The molecule has 0 atom stereocenters. The number of halogens is 2. The quantitative estimate of drug-likeness (QED) is 0.712. The van der Waals surface area contributed by atoms with Crippen molar-refractivity contribution >= 4 is 23.2 Å². The molecule has 15 heavy (non-hydrogen) atoms. The highest BCUT2D eigenvalue weighted by Crippen LogP contribution is 2.34. The lowest BCUT2D eigenvalue weighted by Crippen LogP contribution is -2.34. The highest BCUT2D eigenvalue weighted by Gasteiger charge is 2.29. The van der Waals surface area contributed by atoms with Gasteiger partial charge in [0.2, 0.25) is 0 Å². The first-order valence-electron chi connectivity index (χ1n) is 5.13. The summed E-state index contributed by atoms with van der Waals surface area (Å²) >= 11 is 11.9. The van der Waals surface area contributed by atoms with Crippen LogP contribution in [0.3, 0.4) is 0 Å². The molecule has 1 aromatic carbocycles. The van der Waals surface area contributed by atoms with E-state index in [0.717, 1.165) is 34.7 Å². The summed E-state index contributed by atoms with van der Waals surface area (Å²) in [5.74, 6) is 0.966. The Bertz CT molecular complexity index is 347. The second-order valence-corrected chi connectivity index (χ2v) is 5.23.